The van der Waals surface area contributed by atoms with E-state index in [2.05, 4.69) is 0 Å². The lowest BCUT2D eigenvalue weighted by Crippen LogP contribution is -2.27. The van der Waals surface area contributed by atoms with Crippen LogP contribution in [0, 0.1) is 0 Å². The van der Waals surface area contributed by atoms with E-state index < -0.39 is 5.60 Å². The number of rotatable bonds is 2. The third kappa shape index (κ3) is 1.90. The number of methoxy groups -OCH3 is 2. The van der Waals surface area contributed by atoms with E-state index in [0.29, 0.717) is 11.5 Å². The van der Waals surface area contributed by atoms with Gasteiger partial charge in [0.15, 0.2) is 11.5 Å². The lowest BCUT2D eigenvalue weighted by atomic mass is 10.0. The molecule has 0 bridgehead atoms. The number of phenols is 1. The van der Waals surface area contributed by atoms with Crippen LogP contribution in [0.25, 0.3) is 6.08 Å². The highest BCUT2D eigenvalue weighted by Crippen LogP contribution is 2.49. The number of fused-ring (bicyclic) bond motifs is 1. The van der Waals surface area contributed by atoms with Gasteiger partial charge in [0.05, 0.1) is 14.2 Å². The van der Waals surface area contributed by atoms with Gasteiger partial charge in [0, 0.05) is 5.56 Å². The van der Waals surface area contributed by atoms with Crippen molar-refractivity contribution in [3.05, 3.63) is 17.7 Å². The Balaban J connectivity index is 2.65. The summed E-state index contributed by atoms with van der Waals surface area (Å²) in [5.41, 5.74) is 0.377. The van der Waals surface area contributed by atoms with Gasteiger partial charge >= 0.3 is 0 Å². The summed E-state index contributed by atoms with van der Waals surface area (Å²) in [5.74, 6) is 1.34. The molecule has 1 N–H and O–H groups in total. The van der Waals surface area contributed by atoms with Gasteiger partial charge in [0.1, 0.15) is 5.60 Å². The maximum atomic E-state index is 9.81. The molecule has 2 rings (SSSR count). The third-order valence-corrected chi connectivity index (χ3v) is 2.64. The minimum Gasteiger partial charge on any atom is -0.504 e. The molecule has 0 saturated carbocycles. The summed E-state index contributed by atoms with van der Waals surface area (Å²) in [7, 11) is 3.00. The Bertz CT molecular complexity index is 475. The molecule has 0 unspecified atom stereocenters. The molecule has 92 valence electrons. The Morgan fingerprint density at radius 3 is 2.41 bits per heavy atom. The molecule has 1 aliphatic rings. The standard InChI is InChI=1S/C13H16O4/c1-13(2)6-5-8-7-9(14)11(15-3)12(16-4)10(8)17-13/h5-7,14H,1-4H3. The van der Waals surface area contributed by atoms with Crippen molar-refractivity contribution in [2.24, 2.45) is 0 Å². The molecule has 4 heteroatoms. The van der Waals surface area contributed by atoms with Gasteiger partial charge in [0.25, 0.3) is 0 Å². The van der Waals surface area contributed by atoms with Crippen LogP contribution < -0.4 is 14.2 Å². The van der Waals surface area contributed by atoms with Gasteiger partial charge in [-0.3, -0.25) is 0 Å². The summed E-state index contributed by atoms with van der Waals surface area (Å²) in [6.45, 7) is 3.90. The fraction of sp³-hybridized carbons (Fsp3) is 0.385. The maximum Gasteiger partial charge on any atom is 0.207 e. The molecule has 1 aromatic carbocycles. The van der Waals surface area contributed by atoms with E-state index in [-0.39, 0.29) is 11.5 Å². The summed E-state index contributed by atoms with van der Waals surface area (Å²) in [4.78, 5) is 0. The average Bonchev–Trinajstić information content (AvgIpc) is 2.27. The van der Waals surface area contributed by atoms with E-state index in [0.717, 1.165) is 5.56 Å². The van der Waals surface area contributed by atoms with Crippen LogP contribution in [-0.2, 0) is 0 Å². The minimum atomic E-state index is -0.401. The van der Waals surface area contributed by atoms with Crippen LogP contribution >= 0.6 is 0 Å². The van der Waals surface area contributed by atoms with Gasteiger partial charge in [-0.15, -0.1) is 0 Å². The lowest BCUT2D eigenvalue weighted by molar-refractivity contribution is 0.150. The predicted octanol–water partition coefficient (Wildman–Crippen LogP) is 2.59. The summed E-state index contributed by atoms with van der Waals surface area (Å²) in [5, 5.41) is 9.81. The zero-order valence-corrected chi connectivity index (χ0v) is 10.4. The lowest BCUT2D eigenvalue weighted by Gasteiger charge is -2.29. The third-order valence-electron chi connectivity index (χ3n) is 2.64. The van der Waals surface area contributed by atoms with E-state index in [1.54, 1.807) is 6.07 Å². The Morgan fingerprint density at radius 1 is 1.18 bits per heavy atom. The molecule has 0 amide bonds. The van der Waals surface area contributed by atoms with Crippen molar-refractivity contribution in [1.82, 2.24) is 0 Å². The van der Waals surface area contributed by atoms with Gasteiger partial charge < -0.3 is 19.3 Å². The molecule has 0 aromatic heterocycles. The van der Waals surface area contributed by atoms with Crippen molar-refractivity contribution in [3.8, 4) is 23.0 Å². The fourth-order valence-corrected chi connectivity index (χ4v) is 1.83. The zero-order valence-electron chi connectivity index (χ0n) is 10.4. The molecular formula is C13H16O4. The molecule has 4 nitrogen and oxygen atoms in total. The van der Waals surface area contributed by atoms with E-state index >= 15 is 0 Å². The quantitative estimate of drug-likeness (QED) is 0.857. The van der Waals surface area contributed by atoms with E-state index in [4.69, 9.17) is 14.2 Å². The second-order valence-corrected chi connectivity index (χ2v) is 4.42. The van der Waals surface area contributed by atoms with Crippen LogP contribution in [-0.4, -0.2) is 24.9 Å². The second kappa shape index (κ2) is 3.87. The first-order valence-corrected chi connectivity index (χ1v) is 5.34. The Morgan fingerprint density at radius 2 is 1.82 bits per heavy atom. The average molecular weight is 236 g/mol. The van der Waals surface area contributed by atoms with Crippen LogP contribution in [0.4, 0.5) is 0 Å². The molecule has 0 fully saturated rings. The van der Waals surface area contributed by atoms with Crippen molar-refractivity contribution < 1.29 is 19.3 Å². The molecular weight excluding hydrogens is 220 g/mol. The molecule has 0 aliphatic carbocycles. The van der Waals surface area contributed by atoms with Crippen LogP contribution in [0.15, 0.2) is 12.1 Å². The summed E-state index contributed by atoms with van der Waals surface area (Å²) >= 11 is 0. The Labute approximate surface area is 100 Å². The molecule has 0 saturated heterocycles. The Kier molecular flexibility index (Phi) is 2.65. The van der Waals surface area contributed by atoms with Gasteiger partial charge in [-0.05, 0) is 26.0 Å². The predicted molar refractivity (Wildman–Crippen MR) is 65.0 cm³/mol. The highest BCUT2D eigenvalue weighted by atomic mass is 16.5. The largest absolute Gasteiger partial charge is 0.504 e. The zero-order chi connectivity index (χ0) is 12.6. The molecule has 0 radical (unpaired) electrons. The van der Waals surface area contributed by atoms with Gasteiger partial charge in [-0.1, -0.05) is 6.08 Å². The molecule has 1 aliphatic heterocycles. The molecule has 17 heavy (non-hydrogen) atoms. The Hall–Kier alpha value is -1.84. The number of phenolic OH excluding ortho intramolecular Hbond substituents is 1. The summed E-state index contributed by atoms with van der Waals surface area (Å²) in [6.07, 6.45) is 3.83. The molecule has 0 atom stereocenters. The van der Waals surface area contributed by atoms with Gasteiger partial charge in [0.2, 0.25) is 11.5 Å². The highest BCUT2D eigenvalue weighted by Gasteiger charge is 2.28. The summed E-state index contributed by atoms with van der Waals surface area (Å²) < 4.78 is 16.2. The van der Waals surface area contributed by atoms with Crippen molar-refractivity contribution in [3.63, 3.8) is 0 Å². The van der Waals surface area contributed by atoms with E-state index in [1.165, 1.54) is 14.2 Å². The van der Waals surface area contributed by atoms with Gasteiger partial charge in [-0.25, -0.2) is 0 Å². The first-order valence-electron chi connectivity index (χ1n) is 5.34. The van der Waals surface area contributed by atoms with Gasteiger partial charge in [-0.2, -0.15) is 0 Å². The smallest absolute Gasteiger partial charge is 0.207 e. The number of aromatic hydroxyl groups is 1. The van der Waals surface area contributed by atoms with Crippen molar-refractivity contribution in [2.75, 3.05) is 14.2 Å². The number of hydrogen-bond acceptors (Lipinski definition) is 4. The first-order chi connectivity index (χ1) is 7.98. The molecule has 1 heterocycles. The van der Waals surface area contributed by atoms with Crippen LogP contribution in [0.3, 0.4) is 0 Å². The van der Waals surface area contributed by atoms with E-state index in [9.17, 15) is 5.11 Å². The molecule has 0 spiro atoms. The minimum absolute atomic E-state index is 0.0380. The van der Waals surface area contributed by atoms with Crippen molar-refractivity contribution in [2.45, 2.75) is 19.4 Å². The monoisotopic (exact) mass is 236 g/mol. The topological polar surface area (TPSA) is 47.9 Å². The maximum absolute atomic E-state index is 9.81. The second-order valence-electron chi connectivity index (χ2n) is 4.42. The first kappa shape index (κ1) is 11.6. The highest BCUT2D eigenvalue weighted by molar-refractivity contribution is 5.72. The van der Waals surface area contributed by atoms with Crippen molar-refractivity contribution >= 4 is 6.08 Å². The number of hydrogen-bond donors (Lipinski definition) is 1. The van der Waals surface area contributed by atoms with Crippen LogP contribution in [0.5, 0.6) is 23.0 Å². The van der Waals surface area contributed by atoms with Crippen LogP contribution in [0.2, 0.25) is 0 Å². The normalized spacial score (nSPS) is 16.0. The number of ether oxygens (including phenoxy) is 3. The van der Waals surface area contributed by atoms with Crippen LogP contribution in [0.1, 0.15) is 19.4 Å². The van der Waals surface area contributed by atoms with E-state index in [1.807, 2.05) is 26.0 Å². The summed E-state index contributed by atoms with van der Waals surface area (Å²) in [6, 6.07) is 1.60. The number of benzene rings is 1. The fourth-order valence-electron chi connectivity index (χ4n) is 1.83. The molecule has 1 aromatic rings. The van der Waals surface area contributed by atoms with Crippen molar-refractivity contribution in [1.29, 1.82) is 0 Å². The SMILES string of the molecule is COc1c(O)cc2c(c1OC)OC(C)(C)C=C2.